The van der Waals surface area contributed by atoms with Crippen LogP contribution in [0.2, 0.25) is 0 Å². The van der Waals surface area contributed by atoms with Gasteiger partial charge >= 0.3 is 0 Å². The number of rotatable bonds is 5. The normalized spacial score (nSPS) is 14.7. The monoisotopic (exact) mass is 256 g/mol. The highest BCUT2D eigenvalue weighted by Crippen LogP contribution is 2.19. The van der Waals surface area contributed by atoms with E-state index in [2.05, 4.69) is 10.0 Å². The molecule has 0 spiro atoms. The molecule has 0 bridgehead atoms. The molecule has 92 valence electrons. The van der Waals surface area contributed by atoms with E-state index in [0.29, 0.717) is 5.56 Å². The van der Waals surface area contributed by atoms with Crippen molar-refractivity contribution in [2.45, 2.75) is 5.72 Å². The third-order valence-electron chi connectivity index (χ3n) is 1.97. The lowest BCUT2D eigenvalue weighted by molar-refractivity contribution is 0.0344. The Labute approximate surface area is 98.8 Å². The number of azide groups is 1. The van der Waals surface area contributed by atoms with Gasteiger partial charge in [0.1, 0.15) is 0 Å². The van der Waals surface area contributed by atoms with Crippen molar-refractivity contribution in [1.29, 1.82) is 0 Å². The van der Waals surface area contributed by atoms with Crippen LogP contribution >= 0.6 is 0 Å². The van der Waals surface area contributed by atoms with E-state index in [4.69, 9.17) is 5.53 Å². The first-order chi connectivity index (χ1) is 7.87. The summed E-state index contributed by atoms with van der Waals surface area (Å²) in [6, 6.07) is 8.06. The van der Waals surface area contributed by atoms with Crippen LogP contribution in [0.15, 0.2) is 35.4 Å². The summed E-state index contributed by atoms with van der Waals surface area (Å²) in [6.07, 6.45) is 0.914. The van der Waals surface area contributed by atoms with Gasteiger partial charge in [0.15, 0.2) is 5.72 Å². The summed E-state index contributed by atoms with van der Waals surface area (Å²) in [7, 11) is -3.64. The first kappa shape index (κ1) is 13.5. The molecule has 1 aromatic rings. The molecule has 0 amide bonds. The molecule has 0 fully saturated rings. The Kier molecular flexibility index (Phi) is 4.08. The largest absolute Gasteiger partial charge is 0.370 e. The van der Waals surface area contributed by atoms with Crippen LogP contribution in [0.4, 0.5) is 0 Å². The van der Waals surface area contributed by atoms with Crippen LogP contribution < -0.4 is 4.72 Å². The van der Waals surface area contributed by atoms with Gasteiger partial charge in [0, 0.05) is 4.91 Å². The van der Waals surface area contributed by atoms with Gasteiger partial charge in [-0.1, -0.05) is 35.4 Å². The second-order valence-corrected chi connectivity index (χ2v) is 5.24. The molecule has 0 aliphatic heterocycles. The fraction of sp³-hybridized carbons (Fsp3) is 0.333. The van der Waals surface area contributed by atoms with E-state index >= 15 is 0 Å². The standard InChI is InChI=1S/C9H12N4O3S/c1-17(15,16)12-9(14,7-11-13-10)8-5-3-2-4-6-8/h2-6,12,14H,7H2,1H3. The first-order valence-corrected chi connectivity index (χ1v) is 6.54. The zero-order valence-electron chi connectivity index (χ0n) is 9.11. The van der Waals surface area contributed by atoms with Gasteiger partial charge in [-0.25, -0.2) is 8.42 Å². The van der Waals surface area contributed by atoms with Gasteiger partial charge in [0.05, 0.1) is 12.8 Å². The number of aliphatic hydroxyl groups is 1. The molecule has 1 unspecified atom stereocenters. The van der Waals surface area contributed by atoms with Crippen LogP contribution in [0.5, 0.6) is 0 Å². The van der Waals surface area contributed by atoms with Gasteiger partial charge in [0.2, 0.25) is 10.0 Å². The van der Waals surface area contributed by atoms with Crippen molar-refractivity contribution in [3.05, 3.63) is 46.3 Å². The SMILES string of the molecule is CS(=O)(=O)NC(O)(CN=[N+]=[N-])c1ccccc1. The predicted molar refractivity (Wildman–Crippen MR) is 62.3 cm³/mol. The average Bonchev–Trinajstić information content (AvgIpc) is 2.25. The molecule has 1 aromatic carbocycles. The summed E-state index contributed by atoms with van der Waals surface area (Å²) >= 11 is 0. The molecule has 8 heteroatoms. The minimum atomic E-state index is -3.64. The van der Waals surface area contributed by atoms with Crippen molar-refractivity contribution in [2.75, 3.05) is 12.8 Å². The zero-order chi connectivity index (χ0) is 12.9. The van der Waals surface area contributed by atoms with Crippen LogP contribution in [0, 0.1) is 0 Å². The molecule has 0 aromatic heterocycles. The quantitative estimate of drug-likeness (QED) is 0.349. The van der Waals surface area contributed by atoms with Gasteiger partial charge in [0.25, 0.3) is 0 Å². The third kappa shape index (κ3) is 4.04. The highest BCUT2D eigenvalue weighted by Gasteiger charge is 2.31. The predicted octanol–water partition coefficient (Wildman–Crippen LogP) is 0.691. The van der Waals surface area contributed by atoms with Gasteiger partial charge in [-0.05, 0) is 11.1 Å². The fourth-order valence-electron chi connectivity index (χ4n) is 1.34. The van der Waals surface area contributed by atoms with Crippen molar-refractivity contribution in [3.63, 3.8) is 0 Å². The van der Waals surface area contributed by atoms with E-state index < -0.39 is 22.3 Å². The van der Waals surface area contributed by atoms with Crippen molar-refractivity contribution in [3.8, 4) is 0 Å². The lowest BCUT2D eigenvalue weighted by Crippen LogP contribution is -2.47. The number of nitrogens with one attached hydrogen (secondary N) is 1. The Morgan fingerprint density at radius 2 is 2.06 bits per heavy atom. The maximum Gasteiger partial charge on any atom is 0.211 e. The second kappa shape index (κ2) is 5.15. The van der Waals surface area contributed by atoms with Crippen molar-refractivity contribution in [2.24, 2.45) is 5.11 Å². The summed E-state index contributed by atoms with van der Waals surface area (Å²) in [5, 5.41) is 13.4. The van der Waals surface area contributed by atoms with Crippen LogP contribution in [0.25, 0.3) is 10.4 Å². The molecular weight excluding hydrogens is 244 g/mol. The average molecular weight is 256 g/mol. The van der Waals surface area contributed by atoms with Gasteiger partial charge < -0.3 is 5.11 Å². The van der Waals surface area contributed by atoms with E-state index in [1.807, 2.05) is 4.72 Å². The number of hydrogen-bond acceptors (Lipinski definition) is 4. The minimum absolute atomic E-state index is 0.304. The Morgan fingerprint density at radius 3 is 2.53 bits per heavy atom. The smallest absolute Gasteiger partial charge is 0.211 e. The summed E-state index contributed by atoms with van der Waals surface area (Å²) in [5.74, 6) is 0. The second-order valence-electron chi connectivity index (χ2n) is 3.49. The molecule has 1 atom stereocenters. The van der Waals surface area contributed by atoms with Crippen LogP contribution in [0.3, 0.4) is 0 Å². The molecule has 7 nitrogen and oxygen atoms in total. The molecule has 0 radical (unpaired) electrons. The Balaban J connectivity index is 3.14. The molecule has 0 saturated carbocycles. The van der Waals surface area contributed by atoms with E-state index in [0.717, 1.165) is 6.26 Å². The van der Waals surface area contributed by atoms with Crippen LogP contribution in [0.1, 0.15) is 5.56 Å². The van der Waals surface area contributed by atoms with Crippen molar-refractivity contribution >= 4 is 10.0 Å². The van der Waals surface area contributed by atoms with E-state index in [9.17, 15) is 13.5 Å². The maximum absolute atomic E-state index is 11.2. The zero-order valence-corrected chi connectivity index (χ0v) is 9.92. The molecule has 0 aliphatic carbocycles. The molecule has 17 heavy (non-hydrogen) atoms. The Hall–Kier alpha value is -1.60. The fourth-order valence-corrected chi connectivity index (χ4v) is 2.13. The van der Waals surface area contributed by atoms with E-state index in [1.54, 1.807) is 18.2 Å². The topological polar surface area (TPSA) is 115 Å². The lowest BCUT2D eigenvalue weighted by atomic mass is 10.0. The molecule has 0 saturated heterocycles. The molecule has 1 rings (SSSR count). The van der Waals surface area contributed by atoms with Gasteiger partial charge in [-0.2, -0.15) is 4.72 Å². The number of sulfonamides is 1. The summed E-state index contributed by atoms with van der Waals surface area (Å²) in [5.41, 5.74) is 6.62. The van der Waals surface area contributed by atoms with Crippen LogP contribution in [-0.4, -0.2) is 26.3 Å². The van der Waals surface area contributed by atoms with E-state index in [-0.39, 0.29) is 0 Å². The minimum Gasteiger partial charge on any atom is -0.370 e. The molecule has 2 N–H and O–H groups in total. The van der Waals surface area contributed by atoms with Crippen molar-refractivity contribution < 1.29 is 13.5 Å². The number of nitrogens with zero attached hydrogens (tertiary/aromatic N) is 3. The van der Waals surface area contributed by atoms with E-state index in [1.165, 1.54) is 12.1 Å². The Morgan fingerprint density at radius 1 is 1.47 bits per heavy atom. The highest BCUT2D eigenvalue weighted by atomic mass is 32.2. The maximum atomic E-state index is 11.2. The van der Waals surface area contributed by atoms with Gasteiger partial charge in [-0.3, -0.25) is 0 Å². The number of benzene rings is 1. The summed E-state index contributed by atoms with van der Waals surface area (Å²) in [6.45, 7) is -0.430. The molecular formula is C9H12N4O3S. The van der Waals surface area contributed by atoms with Gasteiger partial charge in [-0.15, -0.1) is 0 Å². The summed E-state index contributed by atoms with van der Waals surface area (Å²) < 4.78 is 24.4. The number of hydrogen-bond donors (Lipinski definition) is 2. The third-order valence-corrected chi connectivity index (χ3v) is 2.68. The molecule has 0 heterocycles. The first-order valence-electron chi connectivity index (χ1n) is 4.65. The summed E-state index contributed by atoms with van der Waals surface area (Å²) in [4.78, 5) is 2.51. The lowest BCUT2D eigenvalue weighted by Gasteiger charge is -2.26. The molecule has 0 aliphatic rings. The highest BCUT2D eigenvalue weighted by molar-refractivity contribution is 7.88. The van der Waals surface area contributed by atoms with Crippen LogP contribution in [-0.2, 0) is 15.7 Å². The Bertz CT molecular complexity index is 524. The van der Waals surface area contributed by atoms with Crippen molar-refractivity contribution in [1.82, 2.24) is 4.72 Å².